The van der Waals surface area contributed by atoms with Gasteiger partial charge in [0, 0.05) is 50.3 Å². The number of likely N-dealkylation sites (tertiary alicyclic amines) is 1. The summed E-state index contributed by atoms with van der Waals surface area (Å²) in [5, 5.41) is 0. The minimum Gasteiger partial charge on any atom is -0.339 e. The third-order valence-electron chi connectivity index (χ3n) is 4.35. The van der Waals surface area contributed by atoms with E-state index in [4.69, 9.17) is 0 Å². The molecule has 6 nitrogen and oxygen atoms in total. The topological polar surface area (TPSA) is 62.2 Å². The lowest BCUT2D eigenvalue weighted by Crippen LogP contribution is -2.38. The van der Waals surface area contributed by atoms with E-state index >= 15 is 0 Å². The summed E-state index contributed by atoms with van der Waals surface area (Å²) in [7, 11) is 4.07. The number of nitrogens with zero attached hydrogens (tertiary/aromatic N) is 5. The highest BCUT2D eigenvalue weighted by Gasteiger charge is 2.27. The van der Waals surface area contributed by atoms with Gasteiger partial charge in [-0.05, 0) is 39.1 Å². The Morgan fingerprint density at radius 2 is 1.96 bits per heavy atom. The molecule has 1 fully saturated rings. The average molecular weight is 325 g/mol. The van der Waals surface area contributed by atoms with Gasteiger partial charge in [-0.25, -0.2) is 0 Å². The zero-order chi connectivity index (χ0) is 16.9. The molecule has 0 N–H and O–H groups in total. The highest BCUT2D eigenvalue weighted by atomic mass is 16.2. The summed E-state index contributed by atoms with van der Waals surface area (Å²) >= 11 is 0. The molecule has 1 aliphatic heterocycles. The van der Waals surface area contributed by atoms with Gasteiger partial charge in [0.05, 0.1) is 17.0 Å². The van der Waals surface area contributed by atoms with Gasteiger partial charge in [-0.15, -0.1) is 0 Å². The first-order valence-electron chi connectivity index (χ1n) is 8.29. The van der Waals surface area contributed by atoms with Crippen LogP contribution in [0.2, 0.25) is 0 Å². The van der Waals surface area contributed by atoms with Gasteiger partial charge in [0.15, 0.2) is 0 Å². The lowest BCUT2D eigenvalue weighted by molar-refractivity contribution is 0.0711. The van der Waals surface area contributed by atoms with Crippen LogP contribution in [0.3, 0.4) is 0 Å². The minimum absolute atomic E-state index is 0.0641. The molecule has 3 rings (SSSR count). The predicted octanol–water partition coefficient (Wildman–Crippen LogP) is 1.95. The number of piperidine rings is 1. The Kier molecular flexibility index (Phi) is 5.15. The van der Waals surface area contributed by atoms with Crippen molar-refractivity contribution in [3.63, 3.8) is 0 Å². The number of hydrogen-bond donors (Lipinski definition) is 0. The van der Waals surface area contributed by atoms with Crippen LogP contribution >= 0.6 is 0 Å². The highest BCUT2D eigenvalue weighted by molar-refractivity contribution is 5.93. The van der Waals surface area contributed by atoms with Crippen molar-refractivity contribution in [2.75, 3.05) is 27.2 Å². The molecule has 2 aromatic rings. The second-order valence-corrected chi connectivity index (χ2v) is 6.43. The SMILES string of the molecule is CN(C)Cc1nccnc1C1CCN(C(=O)c2cccnc2)CC1. The molecule has 2 aromatic heterocycles. The number of rotatable bonds is 4. The average Bonchev–Trinajstić information content (AvgIpc) is 2.62. The lowest BCUT2D eigenvalue weighted by atomic mass is 9.91. The van der Waals surface area contributed by atoms with Crippen molar-refractivity contribution in [3.05, 3.63) is 53.9 Å². The fourth-order valence-electron chi connectivity index (χ4n) is 3.17. The maximum Gasteiger partial charge on any atom is 0.255 e. The van der Waals surface area contributed by atoms with Gasteiger partial charge in [0.25, 0.3) is 5.91 Å². The Balaban J connectivity index is 1.66. The van der Waals surface area contributed by atoms with E-state index in [9.17, 15) is 4.79 Å². The molecular formula is C18H23N5O. The molecule has 6 heteroatoms. The Morgan fingerprint density at radius 1 is 1.21 bits per heavy atom. The molecule has 1 saturated heterocycles. The predicted molar refractivity (Wildman–Crippen MR) is 91.5 cm³/mol. The van der Waals surface area contributed by atoms with Gasteiger partial charge >= 0.3 is 0 Å². The lowest BCUT2D eigenvalue weighted by Gasteiger charge is -2.32. The van der Waals surface area contributed by atoms with Crippen LogP contribution in [0, 0.1) is 0 Å². The first kappa shape index (κ1) is 16.5. The molecule has 0 aromatic carbocycles. The van der Waals surface area contributed by atoms with Crippen LogP contribution in [0.4, 0.5) is 0 Å². The third-order valence-corrected chi connectivity index (χ3v) is 4.35. The fourth-order valence-corrected chi connectivity index (χ4v) is 3.17. The third kappa shape index (κ3) is 3.76. The van der Waals surface area contributed by atoms with E-state index < -0.39 is 0 Å². The molecule has 0 aliphatic carbocycles. The molecule has 0 atom stereocenters. The second-order valence-electron chi connectivity index (χ2n) is 6.43. The van der Waals surface area contributed by atoms with E-state index in [1.54, 1.807) is 30.9 Å². The van der Waals surface area contributed by atoms with Crippen molar-refractivity contribution in [2.45, 2.75) is 25.3 Å². The zero-order valence-electron chi connectivity index (χ0n) is 14.2. The molecule has 1 amide bonds. The molecule has 0 radical (unpaired) electrons. The summed E-state index contributed by atoms with van der Waals surface area (Å²) in [6.45, 7) is 2.28. The number of carbonyl (C=O) groups excluding carboxylic acids is 1. The van der Waals surface area contributed by atoms with Gasteiger partial charge in [-0.1, -0.05) is 0 Å². The van der Waals surface area contributed by atoms with Crippen LogP contribution in [0.25, 0.3) is 0 Å². The van der Waals surface area contributed by atoms with Crippen LogP contribution in [0.5, 0.6) is 0 Å². The van der Waals surface area contributed by atoms with Gasteiger partial charge in [0.1, 0.15) is 0 Å². The van der Waals surface area contributed by atoms with E-state index in [0.717, 1.165) is 43.9 Å². The molecule has 0 spiro atoms. The highest BCUT2D eigenvalue weighted by Crippen LogP contribution is 2.29. The summed E-state index contributed by atoms with van der Waals surface area (Å²) in [5.74, 6) is 0.431. The van der Waals surface area contributed by atoms with Crippen molar-refractivity contribution in [2.24, 2.45) is 0 Å². The number of carbonyl (C=O) groups is 1. The number of aromatic nitrogens is 3. The second kappa shape index (κ2) is 7.49. The minimum atomic E-state index is 0.0641. The van der Waals surface area contributed by atoms with E-state index in [2.05, 4.69) is 19.9 Å². The summed E-state index contributed by atoms with van der Waals surface area (Å²) in [6.07, 6.45) is 8.68. The molecule has 0 bridgehead atoms. The van der Waals surface area contributed by atoms with Crippen molar-refractivity contribution in [1.82, 2.24) is 24.8 Å². The monoisotopic (exact) mass is 325 g/mol. The van der Waals surface area contributed by atoms with Gasteiger partial charge in [0.2, 0.25) is 0 Å². The summed E-state index contributed by atoms with van der Waals surface area (Å²) in [5.41, 5.74) is 2.78. The zero-order valence-corrected chi connectivity index (χ0v) is 14.2. The molecule has 126 valence electrons. The number of pyridine rings is 1. The van der Waals surface area contributed by atoms with Crippen molar-refractivity contribution < 1.29 is 4.79 Å². The molecule has 24 heavy (non-hydrogen) atoms. The molecular weight excluding hydrogens is 302 g/mol. The smallest absolute Gasteiger partial charge is 0.255 e. The van der Waals surface area contributed by atoms with Crippen LogP contribution in [0.1, 0.15) is 40.5 Å². The van der Waals surface area contributed by atoms with E-state index in [1.165, 1.54) is 0 Å². The fraction of sp³-hybridized carbons (Fsp3) is 0.444. The Morgan fingerprint density at radius 3 is 2.62 bits per heavy atom. The number of hydrogen-bond acceptors (Lipinski definition) is 5. The molecule has 0 saturated carbocycles. The van der Waals surface area contributed by atoms with Crippen molar-refractivity contribution >= 4 is 5.91 Å². The van der Waals surface area contributed by atoms with Crippen LogP contribution in [-0.2, 0) is 6.54 Å². The summed E-state index contributed by atoms with van der Waals surface area (Å²) in [6, 6.07) is 3.62. The standard InChI is InChI=1S/C18H23N5O/c1-22(2)13-16-17(21-9-8-20-16)14-5-10-23(11-6-14)18(24)15-4-3-7-19-12-15/h3-4,7-9,12,14H,5-6,10-11,13H2,1-2H3. The van der Waals surface area contributed by atoms with Crippen LogP contribution < -0.4 is 0 Å². The van der Waals surface area contributed by atoms with Gasteiger partial charge < -0.3 is 9.80 Å². The van der Waals surface area contributed by atoms with E-state index in [0.29, 0.717) is 11.5 Å². The Bertz CT molecular complexity index is 681. The van der Waals surface area contributed by atoms with Crippen LogP contribution in [0.15, 0.2) is 36.9 Å². The van der Waals surface area contributed by atoms with Crippen LogP contribution in [-0.4, -0.2) is 57.8 Å². The van der Waals surface area contributed by atoms with Gasteiger partial charge in [-0.3, -0.25) is 19.7 Å². The quantitative estimate of drug-likeness (QED) is 0.860. The molecule has 1 aliphatic rings. The summed E-state index contributed by atoms with van der Waals surface area (Å²) in [4.78, 5) is 29.6. The van der Waals surface area contributed by atoms with Gasteiger partial charge in [-0.2, -0.15) is 0 Å². The molecule has 0 unspecified atom stereocenters. The first-order chi connectivity index (χ1) is 11.6. The van der Waals surface area contributed by atoms with Crippen molar-refractivity contribution in [3.8, 4) is 0 Å². The largest absolute Gasteiger partial charge is 0.339 e. The van der Waals surface area contributed by atoms with E-state index in [1.807, 2.05) is 25.1 Å². The Labute approximate surface area is 142 Å². The molecule has 3 heterocycles. The van der Waals surface area contributed by atoms with E-state index in [-0.39, 0.29) is 5.91 Å². The maximum atomic E-state index is 12.5. The maximum absolute atomic E-state index is 12.5. The summed E-state index contributed by atoms with van der Waals surface area (Å²) < 4.78 is 0. The Hall–Kier alpha value is -2.34. The van der Waals surface area contributed by atoms with Crippen molar-refractivity contribution in [1.29, 1.82) is 0 Å². The normalized spacial score (nSPS) is 15.7. The number of amides is 1. The first-order valence-corrected chi connectivity index (χ1v) is 8.29.